The van der Waals surface area contributed by atoms with Crippen LogP contribution in [0.3, 0.4) is 0 Å². The molecule has 7 heteroatoms. The van der Waals surface area contributed by atoms with Crippen molar-refractivity contribution in [2.24, 2.45) is 0 Å². The first-order chi connectivity index (χ1) is 15.4. The van der Waals surface area contributed by atoms with Crippen molar-refractivity contribution in [2.45, 2.75) is 33.6 Å². The summed E-state index contributed by atoms with van der Waals surface area (Å²) in [5.41, 5.74) is 2.22. The lowest BCUT2D eigenvalue weighted by Crippen LogP contribution is -2.31. The number of aromatic nitrogens is 2. The van der Waals surface area contributed by atoms with Crippen LogP contribution in [0.25, 0.3) is 5.69 Å². The van der Waals surface area contributed by atoms with Crippen LogP contribution in [0.4, 0.5) is 5.82 Å². The van der Waals surface area contributed by atoms with Gasteiger partial charge in [0.25, 0.3) is 11.8 Å². The SMILES string of the molecule is CCN(CC)C(=O)c1cnn(-c2ccccc2)c1NC(=O)COc1cccc(C(C)C)c1. The summed E-state index contributed by atoms with van der Waals surface area (Å²) >= 11 is 0. The number of benzene rings is 2. The number of nitrogens with zero attached hydrogens (tertiary/aromatic N) is 3. The fourth-order valence-corrected chi connectivity index (χ4v) is 3.35. The minimum Gasteiger partial charge on any atom is -0.484 e. The number of amides is 2. The number of anilines is 1. The number of ether oxygens (including phenoxy) is 1. The Morgan fingerprint density at radius 1 is 1.06 bits per heavy atom. The molecule has 1 N–H and O–H groups in total. The number of nitrogens with one attached hydrogen (secondary N) is 1. The average Bonchev–Trinajstić information content (AvgIpc) is 3.22. The number of carbonyl (C=O) groups is 2. The monoisotopic (exact) mass is 434 g/mol. The predicted octanol–water partition coefficient (Wildman–Crippen LogP) is 4.50. The van der Waals surface area contributed by atoms with Gasteiger partial charge in [-0.3, -0.25) is 9.59 Å². The van der Waals surface area contributed by atoms with Gasteiger partial charge in [-0.25, -0.2) is 4.68 Å². The summed E-state index contributed by atoms with van der Waals surface area (Å²) in [6, 6.07) is 17.1. The molecule has 0 fully saturated rings. The molecule has 0 aliphatic rings. The number of para-hydroxylation sites is 1. The van der Waals surface area contributed by atoms with Crippen molar-refractivity contribution in [3.8, 4) is 11.4 Å². The fourth-order valence-electron chi connectivity index (χ4n) is 3.35. The van der Waals surface area contributed by atoms with Crippen LogP contribution < -0.4 is 10.1 Å². The Morgan fingerprint density at radius 3 is 2.44 bits per heavy atom. The molecule has 168 valence electrons. The van der Waals surface area contributed by atoms with Gasteiger partial charge in [0.1, 0.15) is 17.1 Å². The van der Waals surface area contributed by atoms with E-state index in [2.05, 4.69) is 24.3 Å². The largest absolute Gasteiger partial charge is 0.484 e. The third-order valence-electron chi connectivity index (χ3n) is 5.20. The number of hydrogen-bond acceptors (Lipinski definition) is 4. The summed E-state index contributed by atoms with van der Waals surface area (Å²) in [5.74, 6) is 0.769. The van der Waals surface area contributed by atoms with Crippen molar-refractivity contribution in [1.82, 2.24) is 14.7 Å². The molecule has 32 heavy (non-hydrogen) atoms. The Hall–Kier alpha value is -3.61. The summed E-state index contributed by atoms with van der Waals surface area (Å²) in [6.07, 6.45) is 1.50. The molecule has 0 saturated carbocycles. The van der Waals surface area contributed by atoms with E-state index in [1.807, 2.05) is 68.4 Å². The average molecular weight is 435 g/mol. The fraction of sp³-hybridized carbons (Fsp3) is 0.320. The normalized spacial score (nSPS) is 10.8. The summed E-state index contributed by atoms with van der Waals surface area (Å²) < 4.78 is 7.27. The maximum absolute atomic E-state index is 13.0. The second kappa shape index (κ2) is 10.6. The number of carbonyl (C=O) groups excluding carboxylic acids is 2. The molecule has 0 saturated heterocycles. The standard InChI is InChI=1S/C25H30N4O3/c1-5-28(6-2)25(31)22-16-26-29(20-12-8-7-9-13-20)24(22)27-23(30)17-32-21-14-10-11-19(15-21)18(3)4/h7-16,18H,5-6,17H2,1-4H3,(H,27,30). The van der Waals surface area contributed by atoms with Gasteiger partial charge < -0.3 is 15.0 Å². The molecule has 2 amide bonds. The lowest BCUT2D eigenvalue weighted by Gasteiger charge is -2.19. The van der Waals surface area contributed by atoms with Crippen molar-refractivity contribution < 1.29 is 14.3 Å². The van der Waals surface area contributed by atoms with Crippen LogP contribution in [-0.4, -0.2) is 46.2 Å². The smallest absolute Gasteiger partial charge is 0.263 e. The van der Waals surface area contributed by atoms with Gasteiger partial charge in [0.15, 0.2) is 6.61 Å². The van der Waals surface area contributed by atoms with Crippen LogP contribution in [0.1, 0.15) is 49.5 Å². The van der Waals surface area contributed by atoms with E-state index < -0.39 is 0 Å². The highest BCUT2D eigenvalue weighted by Gasteiger charge is 2.23. The first-order valence-corrected chi connectivity index (χ1v) is 10.9. The Bertz CT molecular complexity index is 1060. The molecule has 3 aromatic rings. The highest BCUT2D eigenvalue weighted by atomic mass is 16.5. The first-order valence-electron chi connectivity index (χ1n) is 10.9. The van der Waals surface area contributed by atoms with Crippen LogP contribution in [-0.2, 0) is 4.79 Å². The topological polar surface area (TPSA) is 76.5 Å². The van der Waals surface area contributed by atoms with E-state index in [4.69, 9.17) is 4.74 Å². The van der Waals surface area contributed by atoms with Gasteiger partial charge in [0.2, 0.25) is 0 Å². The Kier molecular flexibility index (Phi) is 7.65. The van der Waals surface area contributed by atoms with Gasteiger partial charge in [0, 0.05) is 13.1 Å². The van der Waals surface area contributed by atoms with Crippen LogP contribution in [0.15, 0.2) is 60.8 Å². The van der Waals surface area contributed by atoms with Gasteiger partial charge in [-0.1, -0.05) is 44.2 Å². The van der Waals surface area contributed by atoms with E-state index in [1.54, 1.807) is 9.58 Å². The van der Waals surface area contributed by atoms with Crippen molar-refractivity contribution >= 4 is 17.6 Å². The van der Waals surface area contributed by atoms with Crippen molar-refractivity contribution in [1.29, 1.82) is 0 Å². The van der Waals surface area contributed by atoms with E-state index in [0.717, 1.165) is 11.3 Å². The Balaban J connectivity index is 1.83. The summed E-state index contributed by atoms with van der Waals surface area (Å²) in [6.45, 7) is 8.99. The van der Waals surface area contributed by atoms with Gasteiger partial charge in [-0.2, -0.15) is 5.10 Å². The molecule has 3 rings (SSSR count). The predicted molar refractivity (Wildman–Crippen MR) is 125 cm³/mol. The quantitative estimate of drug-likeness (QED) is 0.538. The lowest BCUT2D eigenvalue weighted by atomic mass is 10.0. The van der Waals surface area contributed by atoms with Gasteiger partial charge >= 0.3 is 0 Å². The molecule has 7 nitrogen and oxygen atoms in total. The number of rotatable bonds is 9. The van der Waals surface area contributed by atoms with Gasteiger partial charge in [-0.05, 0) is 49.6 Å². The highest BCUT2D eigenvalue weighted by molar-refractivity contribution is 6.03. The molecule has 0 atom stereocenters. The van der Waals surface area contributed by atoms with E-state index in [9.17, 15) is 9.59 Å². The van der Waals surface area contributed by atoms with Crippen molar-refractivity contribution in [3.05, 3.63) is 71.9 Å². The van der Waals surface area contributed by atoms with E-state index in [0.29, 0.717) is 36.1 Å². The molecule has 0 radical (unpaired) electrons. The second-order valence-electron chi connectivity index (χ2n) is 7.70. The molecule has 1 heterocycles. The van der Waals surface area contributed by atoms with Gasteiger partial charge in [-0.15, -0.1) is 0 Å². The van der Waals surface area contributed by atoms with Crippen molar-refractivity contribution in [3.63, 3.8) is 0 Å². The Morgan fingerprint density at radius 2 is 1.78 bits per heavy atom. The van der Waals surface area contributed by atoms with E-state index >= 15 is 0 Å². The molecule has 0 aliphatic heterocycles. The molecule has 2 aromatic carbocycles. The van der Waals surface area contributed by atoms with Gasteiger partial charge in [0.05, 0.1) is 11.9 Å². The summed E-state index contributed by atoms with van der Waals surface area (Å²) in [5, 5.41) is 7.21. The van der Waals surface area contributed by atoms with E-state index in [-0.39, 0.29) is 18.4 Å². The molecular weight excluding hydrogens is 404 g/mol. The van der Waals surface area contributed by atoms with Crippen LogP contribution in [0, 0.1) is 0 Å². The molecular formula is C25H30N4O3. The molecule has 1 aromatic heterocycles. The maximum atomic E-state index is 13.0. The minimum atomic E-state index is -0.369. The third-order valence-corrected chi connectivity index (χ3v) is 5.20. The zero-order valence-corrected chi connectivity index (χ0v) is 19.0. The minimum absolute atomic E-state index is 0.180. The molecule has 0 aliphatic carbocycles. The highest BCUT2D eigenvalue weighted by Crippen LogP contribution is 2.23. The van der Waals surface area contributed by atoms with Crippen LogP contribution in [0.2, 0.25) is 0 Å². The zero-order chi connectivity index (χ0) is 23.1. The second-order valence-corrected chi connectivity index (χ2v) is 7.70. The molecule has 0 unspecified atom stereocenters. The van der Waals surface area contributed by atoms with E-state index in [1.165, 1.54) is 6.20 Å². The zero-order valence-electron chi connectivity index (χ0n) is 19.0. The van der Waals surface area contributed by atoms with Crippen LogP contribution in [0.5, 0.6) is 5.75 Å². The van der Waals surface area contributed by atoms with Crippen LogP contribution >= 0.6 is 0 Å². The number of hydrogen-bond donors (Lipinski definition) is 1. The maximum Gasteiger partial charge on any atom is 0.263 e. The molecule has 0 spiro atoms. The third kappa shape index (κ3) is 5.35. The Labute approximate surface area is 189 Å². The summed E-state index contributed by atoms with van der Waals surface area (Å²) in [4.78, 5) is 27.5. The first kappa shape index (κ1) is 23.1. The molecule has 0 bridgehead atoms. The lowest BCUT2D eigenvalue weighted by molar-refractivity contribution is -0.118. The van der Waals surface area contributed by atoms with Crippen molar-refractivity contribution in [2.75, 3.05) is 25.0 Å². The summed E-state index contributed by atoms with van der Waals surface area (Å²) in [7, 11) is 0.